The maximum Gasteiger partial charge on any atom is 0.707 e. The number of hydrogen-bond donors (Lipinski definition) is 2. The SMILES string of the molecule is COc1cc(OB(O)O)c(F)cn1. The van der Waals surface area contributed by atoms with Crippen molar-refractivity contribution < 1.29 is 23.8 Å². The first kappa shape index (κ1) is 9.75. The van der Waals surface area contributed by atoms with Crippen LogP contribution in [-0.2, 0) is 0 Å². The van der Waals surface area contributed by atoms with Crippen LogP contribution in [0, 0.1) is 5.82 Å². The van der Waals surface area contributed by atoms with Crippen LogP contribution in [0.3, 0.4) is 0 Å². The third kappa shape index (κ3) is 2.57. The molecule has 0 saturated heterocycles. The van der Waals surface area contributed by atoms with Crippen LogP contribution in [0.2, 0.25) is 0 Å². The monoisotopic (exact) mass is 187 g/mol. The molecule has 7 heteroatoms. The molecule has 13 heavy (non-hydrogen) atoms. The molecule has 5 nitrogen and oxygen atoms in total. The molecule has 1 aromatic rings. The molecule has 0 saturated carbocycles. The second kappa shape index (κ2) is 4.06. The van der Waals surface area contributed by atoms with Gasteiger partial charge in [0.2, 0.25) is 5.88 Å². The van der Waals surface area contributed by atoms with Crippen LogP contribution in [0.4, 0.5) is 4.39 Å². The average Bonchev–Trinajstić information content (AvgIpc) is 2.08. The van der Waals surface area contributed by atoms with Crippen LogP contribution < -0.4 is 9.39 Å². The fraction of sp³-hybridized carbons (Fsp3) is 0.167. The summed E-state index contributed by atoms with van der Waals surface area (Å²) < 4.78 is 21.8. The number of aromatic nitrogens is 1. The molecule has 0 radical (unpaired) electrons. The van der Waals surface area contributed by atoms with Crippen molar-refractivity contribution in [3.8, 4) is 11.6 Å². The Balaban J connectivity index is 2.90. The van der Waals surface area contributed by atoms with Crippen LogP contribution in [-0.4, -0.2) is 29.5 Å². The fourth-order valence-corrected chi connectivity index (χ4v) is 0.718. The standard InChI is InChI=1S/C6H7BFNO4/c1-12-6-2-5(13-7(10)11)4(8)3-9-6/h2-3,10-11H,1H3. The minimum atomic E-state index is -2.07. The molecule has 0 aliphatic heterocycles. The highest BCUT2D eigenvalue weighted by atomic mass is 19.1. The summed E-state index contributed by atoms with van der Waals surface area (Å²) >= 11 is 0. The Morgan fingerprint density at radius 1 is 1.54 bits per heavy atom. The average molecular weight is 187 g/mol. The van der Waals surface area contributed by atoms with Crippen LogP contribution in [0.25, 0.3) is 0 Å². The Morgan fingerprint density at radius 3 is 2.77 bits per heavy atom. The van der Waals surface area contributed by atoms with Crippen molar-refractivity contribution in [2.45, 2.75) is 0 Å². The molecule has 0 spiro atoms. The molecule has 1 rings (SSSR count). The van der Waals surface area contributed by atoms with Crippen molar-refractivity contribution in [3.63, 3.8) is 0 Å². The van der Waals surface area contributed by atoms with Crippen LogP contribution >= 0.6 is 0 Å². The summed E-state index contributed by atoms with van der Waals surface area (Å²) in [5, 5.41) is 16.8. The van der Waals surface area contributed by atoms with E-state index in [1.165, 1.54) is 7.11 Å². The molecule has 2 N–H and O–H groups in total. The zero-order valence-electron chi connectivity index (χ0n) is 6.77. The van der Waals surface area contributed by atoms with E-state index in [1.807, 2.05) is 0 Å². The lowest BCUT2D eigenvalue weighted by molar-refractivity contribution is 0.280. The van der Waals surface area contributed by atoms with Gasteiger partial charge in [0.25, 0.3) is 0 Å². The maximum atomic E-state index is 12.8. The van der Waals surface area contributed by atoms with E-state index in [4.69, 9.17) is 10.0 Å². The number of pyridine rings is 1. The van der Waals surface area contributed by atoms with Gasteiger partial charge in [0.05, 0.1) is 13.3 Å². The van der Waals surface area contributed by atoms with Crippen molar-refractivity contribution in [3.05, 3.63) is 18.1 Å². The smallest absolute Gasteiger partial charge is 0.509 e. The number of hydrogen-bond acceptors (Lipinski definition) is 5. The number of methoxy groups -OCH3 is 1. The molecule has 0 fully saturated rings. The minimum Gasteiger partial charge on any atom is -0.509 e. The minimum absolute atomic E-state index is 0.122. The van der Waals surface area contributed by atoms with Gasteiger partial charge in [-0.1, -0.05) is 0 Å². The molecule has 0 bridgehead atoms. The molecule has 1 aromatic heterocycles. The topological polar surface area (TPSA) is 71.8 Å². The molecule has 0 aliphatic rings. The quantitative estimate of drug-likeness (QED) is 0.628. The Bertz CT molecular complexity index is 296. The van der Waals surface area contributed by atoms with E-state index in [9.17, 15) is 4.39 Å². The van der Waals surface area contributed by atoms with E-state index in [2.05, 4.69) is 14.4 Å². The normalized spacial score (nSPS) is 9.54. The third-order valence-corrected chi connectivity index (χ3v) is 1.24. The van der Waals surface area contributed by atoms with E-state index in [-0.39, 0.29) is 11.6 Å². The second-order valence-corrected chi connectivity index (χ2v) is 2.10. The van der Waals surface area contributed by atoms with Crippen molar-refractivity contribution in [2.75, 3.05) is 7.11 Å². The summed E-state index contributed by atoms with van der Waals surface area (Å²) in [6.07, 6.45) is 0.858. The van der Waals surface area contributed by atoms with Crippen molar-refractivity contribution in [1.82, 2.24) is 4.98 Å². The van der Waals surface area contributed by atoms with Gasteiger partial charge in [0.1, 0.15) is 5.75 Å². The Kier molecular flexibility index (Phi) is 3.05. The lowest BCUT2D eigenvalue weighted by Crippen LogP contribution is -2.21. The zero-order valence-corrected chi connectivity index (χ0v) is 6.77. The summed E-state index contributed by atoms with van der Waals surface area (Å²) in [4.78, 5) is 3.52. The van der Waals surface area contributed by atoms with Crippen LogP contribution in [0.15, 0.2) is 12.3 Å². The van der Waals surface area contributed by atoms with Crippen LogP contribution in [0.5, 0.6) is 11.6 Å². The van der Waals surface area contributed by atoms with Crippen molar-refractivity contribution in [2.24, 2.45) is 0 Å². The van der Waals surface area contributed by atoms with Gasteiger partial charge in [0.15, 0.2) is 5.82 Å². The molecule has 0 atom stereocenters. The first-order valence-electron chi connectivity index (χ1n) is 3.36. The van der Waals surface area contributed by atoms with Gasteiger partial charge in [-0.15, -0.1) is 0 Å². The van der Waals surface area contributed by atoms with Gasteiger partial charge in [-0.25, -0.2) is 9.37 Å². The van der Waals surface area contributed by atoms with Gasteiger partial charge < -0.3 is 19.4 Å². The summed E-state index contributed by atoms with van der Waals surface area (Å²) in [7, 11) is -0.721. The highest BCUT2D eigenvalue weighted by molar-refractivity contribution is 6.33. The number of halogens is 1. The maximum absolute atomic E-state index is 12.8. The first-order valence-corrected chi connectivity index (χ1v) is 3.36. The van der Waals surface area contributed by atoms with E-state index in [0.717, 1.165) is 12.3 Å². The molecule has 70 valence electrons. The second-order valence-electron chi connectivity index (χ2n) is 2.10. The van der Waals surface area contributed by atoms with Gasteiger partial charge >= 0.3 is 7.32 Å². The first-order chi connectivity index (χ1) is 6.13. The van der Waals surface area contributed by atoms with Crippen molar-refractivity contribution >= 4 is 7.32 Å². The largest absolute Gasteiger partial charge is 0.707 e. The number of rotatable bonds is 3. The highest BCUT2D eigenvalue weighted by Crippen LogP contribution is 2.20. The van der Waals surface area contributed by atoms with Crippen molar-refractivity contribution in [1.29, 1.82) is 0 Å². The Hall–Kier alpha value is -1.34. The fourth-order valence-electron chi connectivity index (χ4n) is 0.718. The lowest BCUT2D eigenvalue weighted by atomic mass is 10.2. The lowest BCUT2D eigenvalue weighted by Gasteiger charge is -2.06. The van der Waals surface area contributed by atoms with E-state index < -0.39 is 13.1 Å². The molecule has 0 amide bonds. The van der Waals surface area contributed by atoms with Crippen LogP contribution in [0.1, 0.15) is 0 Å². The summed E-state index contributed by atoms with van der Waals surface area (Å²) in [6, 6.07) is 1.11. The number of ether oxygens (including phenoxy) is 1. The van der Waals surface area contributed by atoms with Gasteiger partial charge in [0, 0.05) is 6.07 Å². The number of nitrogens with zero attached hydrogens (tertiary/aromatic N) is 1. The van der Waals surface area contributed by atoms with Gasteiger partial charge in [-0.2, -0.15) is 0 Å². The molecule has 0 unspecified atom stereocenters. The summed E-state index contributed by atoms with van der Waals surface area (Å²) in [5.41, 5.74) is 0. The van der Waals surface area contributed by atoms with E-state index >= 15 is 0 Å². The van der Waals surface area contributed by atoms with E-state index in [0.29, 0.717) is 0 Å². The molecule has 0 aromatic carbocycles. The summed E-state index contributed by atoms with van der Waals surface area (Å²) in [6.45, 7) is 0. The molecule has 0 aliphatic carbocycles. The predicted molar refractivity (Wildman–Crippen MR) is 41.6 cm³/mol. The Morgan fingerprint density at radius 2 is 2.23 bits per heavy atom. The van der Waals surface area contributed by atoms with Gasteiger partial charge in [-0.3, -0.25) is 0 Å². The molecule has 1 heterocycles. The molecular formula is C6H7BFNO4. The molecular weight excluding hydrogens is 180 g/mol. The summed E-state index contributed by atoms with van der Waals surface area (Å²) in [5.74, 6) is -1.01. The Labute approximate surface area is 73.9 Å². The van der Waals surface area contributed by atoms with Gasteiger partial charge in [-0.05, 0) is 0 Å². The van der Waals surface area contributed by atoms with E-state index in [1.54, 1.807) is 0 Å². The predicted octanol–water partition coefficient (Wildman–Crippen LogP) is -0.422. The highest BCUT2D eigenvalue weighted by Gasteiger charge is 2.15. The zero-order chi connectivity index (χ0) is 9.84. The third-order valence-electron chi connectivity index (χ3n) is 1.24.